The molecule has 0 radical (unpaired) electrons. The van der Waals surface area contributed by atoms with Crippen molar-refractivity contribution in [2.24, 2.45) is 0 Å². The normalized spacial score (nSPS) is 19.1. The van der Waals surface area contributed by atoms with E-state index in [9.17, 15) is 34.6 Å². The molecule has 0 bridgehead atoms. The number of hydrogen-bond donors (Lipinski definition) is 1. The van der Waals surface area contributed by atoms with Crippen LogP contribution in [0.5, 0.6) is 0 Å². The second kappa shape index (κ2) is 6.58. The van der Waals surface area contributed by atoms with Gasteiger partial charge in [0.15, 0.2) is 6.04 Å². The standard InChI is InChI=1S/C12H17NO7/c14-9-6-7-10(15)13(9,20)8(12(18)19)4-2-1-3-5-11(16)17/h8,20H,1-7H2,(H-,16,17,18,19)/p-1. The molecule has 0 saturated carbocycles. The zero-order valence-corrected chi connectivity index (χ0v) is 10.9. The molecule has 1 heterocycles. The fraction of sp³-hybridized carbons (Fsp3) is 0.667. The number of nitrogens with zero attached hydrogens (tertiary/aromatic N) is 1. The lowest BCUT2D eigenvalue weighted by molar-refractivity contribution is -0.986. The van der Waals surface area contributed by atoms with E-state index in [1.807, 2.05) is 0 Å². The van der Waals surface area contributed by atoms with Crippen LogP contribution in [0.3, 0.4) is 0 Å². The minimum atomic E-state index is -1.73. The van der Waals surface area contributed by atoms with Gasteiger partial charge in [0.05, 0.1) is 12.8 Å². The van der Waals surface area contributed by atoms with Crippen LogP contribution in [-0.2, 0) is 19.2 Å². The van der Waals surface area contributed by atoms with E-state index in [1.54, 1.807) is 0 Å². The summed E-state index contributed by atoms with van der Waals surface area (Å²) in [5, 5.41) is 31.3. The van der Waals surface area contributed by atoms with Crippen LogP contribution in [0.1, 0.15) is 44.9 Å². The molecule has 1 fully saturated rings. The second-order valence-corrected chi connectivity index (χ2v) is 4.78. The van der Waals surface area contributed by atoms with Crippen LogP contribution in [-0.4, -0.2) is 39.6 Å². The molecule has 0 aromatic heterocycles. The van der Waals surface area contributed by atoms with E-state index in [4.69, 9.17) is 0 Å². The molecule has 0 aliphatic carbocycles. The Labute approximate surface area is 115 Å². The molecule has 20 heavy (non-hydrogen) atoms. The van der Waals surface area contributed by atoms with Gasteiger partial charge in [-0.1, -0.05) is 11.1 Å². The van der Waals surface area contributed by atoms with E-state index in [-0.39, 0.29) is 32.1 Å². The molecule has 1 unspecified atom stereocenters. The van der Waals surface area contributed by atoms with Crippen molar-refractivity contribution in [3.8, 4) is 0 Å². The van der Waals surface area contributed by atoms with Crippen molar-refractivity contribution in [2.45, 2.75) is 51.0 Å². The lowest BCUT2D eigenvalue weighted by Gasteiger charge is -2.29. The monoisotopic (exact) mass is 286 g/mol. The summed E-state index contributed by atoms with van der Waals surface area (Å²) in [6, 6.07) is -1.64. The number of carbonyl (C=O) groups excluding carboxylic acids is 4. The summed E-state index contributed by atoms with van der Waals surface area (Å²) in [5.74, 6) is -4.56. The first-order chi connectivity index (χ1) is 9.30. The Hall–Kier alpha value is -1.80. The molecule has 0 aromatic carbocycles. The molecule has 1 rings (SSSR count). The number of hydrogen-bond acceptors (Lipinski definition) is 7. The van der Waals surface area contributed by atoms with Gasteiger partial charge in [-0.3, -0.25) is 0 Å². The number of aliphatic carboxylic acids is 2. The maximum atomic E-state index is 11.6. The lowest BCUT2D eigenvalue weighted by Crippen LogP contribution is -2.62. The highest BCUT2D eigenvalue weighted by Crippen LogP contribution is 2.26. The first kappa shape index (κ1) is 16.3. The van der Waals surface area contributed by atoms with Gasteiger partial charge in [-0.15, -0.1) is 0 Å². The SMILES string of the molecule is O=C([O-])CCCCCC(C(=O)[O-])[N+]1(O)C(=O)CCC1=O. The van der Waals surface area contributed by atoms with Gasteiger partial charge < -0.3 is 19.8 Å². The number of imide groups is 1. The predicted molar refractivity (Wildman–Crippen MR) is 58.2 cm³/mol. The Kier molecular flexibility index (Phi) is 5.34. The third kappa shape index (κ3) is 3.40. The third-order valence-corrected chi connectivity index (χ3v) is 3.39. The van der Waals surface area contributed by atoms with Crippen molar-refractivity contribution in [3.05, 3.63) is 0 Å². The number of hydroxylamine groups is 3. The predicted octanol–water partition coefficient (Wildman–Crippen LogP) is -2.14. The number of carboxylic acids is 2. The van der Waals surface area contributed by atoms with Crippen molar-refractivity contribution < 1.29 is 39.2 Å². The lowest BCUT2D eigenvalue weighted by atomic mass is 10.1. The van der Waals surface area contributed by atoms with Gasteiger partial charge in [0.1, 0.15) is 5.97 Å². The van der Waals surface area contributed by atoms with Gasteiger partial charge >= 0.3 is 11.8 Å². The molecular formula is C12H16NO7-. The van der Waals surface area contributed by atoms with Crippen molar-refractivity contribution in [1.82, 2.24) is 0 Å². The van der Waals surface area contributed by atoms with Crippen LogP contribution in [0.25, 0.3) is 0 Å². The molecule has 8 heteroatoms. The summed E-state index contributed by atoms with van der Waals surface area (Å²) in [4.78, 5) is 44.4. The Morgan fingerprint density at radius 3 is 2.10 bits per heavy atom. The summed E-state index contributed by atoms with van der Waals surface area (Å²) in [6.07, 6.45) is 0.284. The quantitative estimate of drug-likeness (QED) is 0.233. The van der Waals surface area contributed by atoms with E-state index in [2.05, 4.69) is 0 Å². The van der Waals surface area contributed by atoms with Gasteiger partial charge in [-0.25, -0.2) is 14.8 Å². The minimum absolute atomic E-state index is 0.136. The summed E-state index contributed by atoms with van der Waals surface area (Å²) in [5.41, 5.74) is 0. The molecule has 1 N–H and O–H groups in total. The number of rotatable bonds is 8. The van der Waals surface area contributed by atoms with Gasteiger partial charge in [-0.2, -0.15) is 0 Å². The minimum Gasteiger partial charge on any atom is -0.550 e. The average molecular weight is 286 g/mol. The highest BCUT2D eigenvalue weighted by molar-refractivity contribution is 5.93. The summed E-state index contributed by atoms with van der Waals surface area (Å²) >= 11 is 0. The van der Waals surface area contributed by atoms with Gasteiger partial charge in [0.25, 0.3) is 0 Å². The van der Waals surface area contributed by atoms with E-state index < -0.39 is 34.4 Å². The Morgan fingerprint density at radius 2 is 1.65 bits per heavy atom. The van der Waals surface area contributed by atoms with Crippen molar-refractivity contribution in [2.75, 3.05) is 0 Å². The Morgan fingerprint density at radius 1 is 1.10 bits per heavy atom. The summed E-state index contributed by atoms with van der Waals surface area (Å²) in [7, 11) is 0. The number of unbranched alkanes of at least 4 members (excludes halogenated alkanes) is 2. The molecule has 1 atom stereocenters. The Bertz CT molecular complexity index is 416. The third-order valence-electron chi connectivity index (χ3n) is 3.39. The highest BCUT2D eigenvalue weighted by Gasteiger charge is 2.55. The van der Waals surface area contributed by atoms with E-state index in [0.29, 0.717) is 12.8 Å². The molecule has 0 aromatic rings. The molecule has 8 nitrogen and oxygen atoms in total. The molecule has 2 amide bonds. The average Bonchev–Trinajstić information content (AvgIpc) is 2.61. The van der Waals surface area contributed by atoms with Crippen molar-refractivity contribution in [1.29, 1.82) is 0 Å². The smallest absolute Gasteiger partial charge is 0.354 e. The molecule has 1 aliphatic rings. The van der Waals surface area contributed by atoms with Crippen molar-refractivity contribution >= 4 is 23.8 Å². The summed E-state index contributed by atoms with van der Waals surface area (Å²) < 4.78 is -1.73. The largest absolute Gasteiger partial charge is 0.550 e. The van der Waals surface area contributed by atoms with Gasteiger partial charge in [-0.05, 0) is 19.3 Å². The van der Waals surface area contributed by atoms with Gasteiger partial charge in [0, 0.05) is 12.4 Å². The molecule has 0 spiro atoms. The number of carbonyl (C=O) groups is 4. The first-order valence-corrected chi connectivity index (χ1v) is 6.39. The van der Waals surface area contributed by atoms with Crippen LogP contribution in [0.15, 0.2) is 0 Å². The van der Waals surface area contributed by atoms with Crippen molar-refractivity contribution in [3.63, 3.8) is 0 Å². The fourth-order valence-corrected chi connectivity index (χ4v) is 2.28. The molecule has 1 saturated heterocycles. The maximum Gasteiger partial charge on any atom is 0.354 e. The van der Waals surface area contributed by atoms with Crippen LogP contribution in [0.4, 0.5) is 0 Å². The fourth-order valence-electron chi connectivity index (χ4n) is 2.28. The number of quaternary nitrogens is 1. The number of carboxylic acid groups (broad SMARTS) is 2. The number of likely N-dealkylation sites (tertiary alicyclic amines) is 1. The van der Waals surface area contributed by atoms with E-state index in [1.165, 1.54) is 0 Å². The van der Waals surface area contributed by atoms with Crippen LogP contribution >= 0.6 is 0 Å². The first-order valence-electron chi connectivity index (χ1n) is 6.39. The zero-order chi connectivity index (χ0) is 15.3. The zero-order valence-electron chi connectivity index (χ0n) is 10.9. The van der Waals surface area contributed by atoms with E-state index >= 15 is 0 Å². The van der Waals surface area contributed by atoms with Crippen LogP contribution in [0, 0.1) is 0 Å². The Balaban J connectivity index is 2.61. The molecule has 1 aliphatic heterocycles. The molecular weight excluding hydrogens is 270 g/mol. The highest BCUT2D eigenvalue weighted by atomic mass is 16.6. The van der Waals surface area contributed by atoms with Crippen LogP contribution in [0.2, 0.25) is 0 Å². The topological polar surface area (TPSA) is 135 Å². The number of amides is 2. The van der Waals surface area contributed by atoms with Gasteiger partial charge in [0.2, 0.25) is 0 Å². The second-order valence-electron chi connectivity index (χ2n) is 4.78. The molecule has 112 valence electrons. The maximum absolute atomic E-state index is 11.6. The van der Waals surface area contributed by atoms with Crippen LogP contribution < -0.4 is 10.2 Å². The summed E-state index contributed by atoms with van der Waals surface area (Å²) in [6.45, 7) is 0. The van der Waals surface area contributed by atoms with E-state index in [0.717, 1.165) is 0 Å².